The molecule has 2 aromatic heterocycles. The highest BCUT2D eigenvalue weighted by molar-refractivity contribution is 6.13. The average Bonchev–Trinajstić information content (AvgIpc) is 3.01. The van der Waals surface area contributed by atoms with Crippen molar-refractivity contribution in [3.05, 3.63) is 70.7 Å². The monoisotopic (exact) mass is 331 g/mol. The van der Waals surface area contributed by atoms with Crippen LogP contribution in [-0.2, 0) is 7.05 Å². The number of nitrogens with zero attached hydrogens (tertiary/aromatic N) is 2. The number of aryl methyl sites for hydroxylation is 3. The molecule has 2 heterocycles. The molecule has 4 rings (SSSR count). The Morgan fingerprint density at radius 1 is 1.08 bits per heavy atom. The zero-order valence-corrected chi connectivity index (χ0v) is 14.3. The van der Waals surface area contributed by atoms with E-state index in [0.29, 0.717) is 22.5 Å². The molecule has 0 saturated carbocycles. The van der Waals surface area contributed by atoms with Gasteiger partial charge in [-0.2, -0.15) is 0 Å². The number of hydrogen-bond acceptors (Lipinski definition) is 1. The van der Waals surface area contributed by atoms with E-state index < -0.39 is 6.85 Å². The molecule has 2 aromatic carbocycles. The number of pyridine rings is 1. The summed E-state index contributed by atoms with van der Waals surface area (Å²) in [5.41, 5.74) is 5.04. The van der Waals surface area contributed by atoms with Crippen LogP contribution in [0.25, 0.3) is 38.0 Å². The van der Waals surface area contributed by atoms with Crippen molar-refractivity contribution < 1.29 is 14.5 Å². The van der Waals surface area contributed by atoms with E-state index in [-0.39, 0.29) is 11.7 Å². The van der Waals surface area contributed by atoms with Gasteiger partial charge >= 0.3 is 0 Å². The first kappa shape index (κ1) is 11.4. The predicted octanol–water partition coefficient (Wildman–Crippen LogP) is 5.55. The molecular formula is C22H19N2O+. The molecule has 0 saturated heterocycles. The topological polar surface area (TPSA) is 21.4 Å². The summed E-state index contributed by atoms with van der Waals surface area (Å²) in [6, 6.07) is 11.0. The smallest absolute Gasteiger partial charge is 0.229 e. The van der Waals surface area contributed by atoms with Crippen LogP contribution in [0, 0.1) is 27.3 Å². The van der Waals surface area contributed by atoms with E-state index >= 15 is 0 Å². The summed E-state index contributed by atoms with van der Waals surface area (Å²) in [5.74, 6) is 0. The number of rotatable bonds is 1. The molecule has 122 valence electrons. The normalized spacial score (nSPS) is 14.0. The lowest BCUT2D eigenvalue weighted by atomic mass is 10.00. The number of aromatic nitrogens is 1. The highest BCUT2D eigenvalue weighted by atomic mass is 16.3. The highest BCUT2D eigenvalue weighted by Gasteiger charge is 2.21. The molecule has 3 heteroatoms. The molecule has 25 heavy (non-hydrogen) atoms. The van der Waals surface area contributed by atoms with Gasteiger partial charge in [-0.3, -0.25) is 0 Å². The van der Waals surface area contributed by atoms with Crippen LogP contribution in [-0.4, -0.2) is 0 Å². The van der Waals surface area contributed by atoms with Crippen molar-refractivity contribution in [1.29, 1.82) is 0 Å². The lowest BCUT2D eigenvalue weighted by Gasteiger charge is -2.06. The Morgan fingerprint density at radius 2 is 1.92 bits per heavy atom. The second-order valence-electron chi connectivity index (χ2n) is 6.31. The molecule has 0 radical (unpaired) electrons. The predicted molar refractivity (Wildman–Crippen MR) is 101 cm³/mol. The lowest BCUT2D eigenvalue weighted by molar-refractivity contribution is -0.660. The Bertz CT molecular complexity index is 1340. The van der Waals surface area contributed by atoms with Gasteiger partial charge in [-0.1, -0.05) is 23.8 Å². The summed E-state index contributed by atoms with van der Waals surface area (Å²) in [6.45, 7) is 9.03. The third-order valence-corrected chi connectivity index (χ3v) is 4.51. The van der Waals surface area contributed by atoms with Gasteiger partial charge < -0.3 is 4.42 Å². The largest absolute Gasteiger partial charge is 0.466 e. The van der Waals surface area contributed by atoms with E-state index in [2.05, 4.69) is 4.85 Å². The van der Waals surface area contributed by atoms with Gasteiger partial charge in [0.2, 0.25) is 11.4 Å². The fourth-order valence-corrected chi connectivity index (χ4v) is 3.37. The van der Waals surface area contributed by atoms with Gasteiger partial charge in [-0.05, 0) is 38.4 Å². The maximum absolute atomic E-state index is 8.35. The minimum absolute atomic E-state index is 0.00380. The molecule has 0 unspecified atom stereocenters. The molecule has 3 nitrogen and oxygen atoms in total. The third kappa shape index (κ3) is 2.30. The van der Waals surface area contributed by atoms with E-state index in [9.17, 15) is 0 Å². The minimum atomic E-state index is -2.35. The fourth-order valence-electron chi connectivity index (χ4n) is 3.37. The number of fused-ring (bicyclic) bond motifs is 3. The van der Waals surface area contributed by atoms with E-state index in [1.54, 1.807) is 23.7 Å². The second kappa shape index (κ2) is 5.46. The standard InChI is InChI=1S/C22H19N2O/c1-13-6-9-19(24(5)12-13)20-15(3)7-8-16-17-10-14(2)11-18(23-4)21(17)25-22(16)20/h6-12H,1-3,5H3/q+1/i1D3,12D. The highest BCUT2D eigenvalue weighted by Crippen LogP contribution is 2.40. The summed E-state index contributed by atoms with van der Waals surface area (Å²) >= 11 is 0. The summed E-state index contributed by atoms with van der Waals surface area (Å²) in [7, 11) is 1.68. The van der Waals surface area contributed by atoms with Crippen molar-refractivity contribution in [1.82, 2.24) is 0 Å². The molecule has 0 aliphatic heterocycles. The van der Waals surface area contributed by atoms with Crippen LogP contribution in [0.4, 0.5) is 5.69 Å². The molecule has 4 aromatic rings. The Balaban J connectivity index is 2.10. The van der Waals surface area contributed by atoms with Crippen molar-refractivity contribution in [2.24, 2.45) is 7.05 Å². The number of furan rings is 1. The van der Waals surface area contributed by atoms with Gasteiger partial charge in [0.25, 0.3) is 0 Å². The molecule has 0 fully saturated rings. The van der Waals surface area contributed by atoms with Crippen molar-refractivity contribution in [2.75, 3.05) is 0 Å². The van der Waals surface area contributed by atoms with E-state index in [1.807, 2.05) is 32.0 Å². The first-order valence-electron chi connectivity index (χ1n) is 9.98. The first-order chi connectivity index (χ1) is 13.6. The Hall–Kier alpha value is -3.12. The van der Waals surface area contributed by atoms with Crippen molar-refractivity contribution in [3.63, 3.8) is 0 Å². The average molecular weight is 331 g/mol. The quantitative estimate of drug-likeness (QED) is 0.331. The fraction of sp³-hybridized carbons (Fsp3) is 0.182. The van der Waals surface area contributed by atoms with Crippen LogP contribution in [0.1, 0.15) is 22.2 Å². The van der Waals surface area contributed by atoms with Gasteiger partial charge in [0.05, 0.1) is 12.1 Å². The summed E-state index contributed by atoms with van der Waals surface area (Å²) in [6.07, 6.45) is -0.0623. The van der Waals surface area contributed by atoms with Gasteiger partial charge in [-0.15, -0.1) is 0 Å². The maximum Gasteiger partial charge on any atom is 0.229 e. The zero-order valence-electron chi connectivity index (χ0n) is 18.3. The van der Waals surface area contributed by atoms with Gasteiger partial charge in [0.1, 0.15) is 19.6 Å². The molecule has 0 aliphatic carbocycles. The number of hydrogen-bond donors (Lipinski definition) is 0. The zero-order chi connectivity index (χ0) is 21.1. The molecular weight excluding hydrogens is 308 g/mol. The molecule has 0 aliphatic rings. The lowest BCUT2D eigenvalue weighted by Crippen LogP contribution is -2.31. The molecule has 0 bridgehead atoms. The molecule has 0 N–H and O–H groups in total. The van der Waals surface area contributed by atoms with E-state index in [0.717, 1.165) is 27.5 Å². The Labute approximate surface area is 152 Å². The molecule has 0 spiro atoms. The Morgan fingerprint density at radius 3 is 2.68 bits per heavy atom. The summed E-state index contributed by atoms with van der Waals surface area (Å²) < 4.78 is 39.1. The third-order valence-electron chi connectivity index (χ3n) is 4.51. The van der Waals surface area contributed by atoms with E-state index in [1.165, 1.54) is 6.07 Å². The van der Waals surface area contributed by atoms with Crippen LogP contribution in [0.2, 0.25) is 0 Å². The van der Waals surface area contributed by atoms with Crippen LogP contribution in [0.15, 0.2) is 47.0 Å². The van der Waals surface area contributed by atoms with Gasteiger partial charge in [0, 0.05) is 26.5 Å². The van der Waals surface area contributed by atoms with Crippen LogP contribution in [0.5, 0.6) is 0 Å². The van der Waals surface area contributed by atoms with Gasteiger partial charge in [0.15, 0.2) is 6.17 Å². The number of benzene rings is 2. The van der Waals surface area contributed by atoms with Crippen LogP contribution >= 0.6 is 0 Å². The van der Waals surface area contributed by atoms with Crippen molar-refractivity contribution in [2.45, 2.75) is 20.7 Å². The molecule has 0 amide bonds. The summed E-state index contributed by atoms with van der Waals surface area (Å²) in [4.78, 5) is 3.61. The van der Waals surface area contributed by atoms with Crippen LogP contribution in [0.3, 0.4) is 0 Å². The maximum atomic E-state index is 8.35. The van der Waals surface area contributed by atoms with Crippen LogP contribution < -0.4 is 4.57 Å². The van der Waals surface area contributed by atoms with E-state index in [4.69, 9.17) is 16.5 Å². The van der Waals surface area contributed by atoms with Crippen molar-refractivity contribution >= 4 is 27.6 Å². The molecule has 0 atom stereocenters. The summed E-state index contributed by atoms with van der Waals surface area (Å²) in [5, 5.41) is 1.76. The van der Waals surface area contributed by atoms with Crippen molar-refractivity contribution in [3.8, 4) is 11.3 Å². The van der Waals surface area contributed by atoms with Gasteiger partial charge in [-0.25, -0.2) is 9.41 Å². The second-order valence-corrected chi connectivity index (χ2v) is 6.31. The SMILES string of the molecule is [2H]c1c(C([2H])([2H])[2H])ccc(-c2c(C)ccc3c2oc2c([N+]#[C-])cc(C)cc23)[n+]1C. The Kier molecular flexibility index (Phi) is 2.50. The minimum Gasteiger partial charge on any atom is -0.466 e. The first-order valence-corrected chi connectivity index (χ1v) is 7.98.